The molecule has 0 radical (unpaired) electrons. The molecule has 2 heteroatoms. The lowest BCUT2D eigenvalue weighted by atomic mass is 9.95. The summed E-state index contributed by atoms with van der Waals surface area (Å²) in [6, 6.07) is 0. The molecule has 1 heterocycles. The molecule has 0 saturated carbocycles. The van der Waals surface area contributed by atoms with Crippen LogP contribution in [0.3, 0.4) is 0 Å². The summed E-state index contributed by atoms with van der Waals surface area (Å²) in [4.78, 5) is 0. The van der Waals surface area contributed by atoms with Crippen molar-refractivity contribution in [2.45, 2.75) is 89.6 Å². The van der Waals surface area contributed by atoms with Crippen LogP contribution in [0.5, 0.6) is 0 Å². The van der Waals surface area contributed by atoms with Crippen molar-refractivity contribution in [2.24, 2.45) is 0 Å². The summed E-state index contributed by atoms with van der Waals surface area (Å²) in [5.41, 5.74) is -0.375. The highest BCUT2D eigenvalue weighted by Crippen LogP contribution is 2.22. The van der Waals surface area contributed by atoms with Crippen LogP contribution in [0, 0.1) is 0 Å². The second kappa shape index (κ2) is 9.80. The van der Waals surface area contributed by atoms with Crippen molar-refractivity contribution >= 4 is 0 Å². The van der Waals surface area contributed by atoms with Gasteiger partial charge in [0.05, 0.1) is 5.60 Å². The summed E-state index contributed by atoms with van der Waals surface area (Å²) in [5, 5.41) is 13.4. The highest BCUT2D eigenvalue weighted by Gasteiger charge is 2.29. The molecule has 2 nitrogen and oxygen atoms in total. The third kappa shape index (κ3) is 7.38. The van der Waals surface area contributed by atoms with Crippen LogP contribution in [0.2, 0.25) is 0 Å². The molecule has 108 valence electrons. The van der Waals surface area contributed by atoms with E-state index in [0.717, 1.165) is 25.9 Å². The average Bonchev–Trinajstić information content (AvgIpc) is 2.79. The molecule has 1 atom stereocenters. The maximum absolute atomic E-state index is 10.2. The molecule has 0 amide bonds. The summed E-state index contributed by atoms with van der Waals surface area (Å²) < 4.78 is 0. The molecule has 1 rings (SSSR count). The fourth-order valence-corrected chi connectivity index (χ4v) is 2.89. The van der Waals surface area contributed by atoms with E-state index in [9.17, 15) is 5.11 Å². The predicted octanol–water partition coefficient (Wildman–Crippen LogP) is 4.02. The van der Waals surface area contributed by atoms with E-state index in [4.69, 9.17) is 0 Å². The molecule has 0 aliphatic carbocycles. The second-order valence-corrected chi connectivity index (χ2v) is 6.08. The standard InChI is InChI=1S/C16H33NO/c1-2-3-4-5-6-7-8-9-10-11-12-16(18)13-14-17-15-16/h17-18H,2-15H2,1H3. The van der Waals surface area contributed by atoms with Gasteiger partial charge < -0.3 is 10.4 Å². The van der Waals surface area contributed by atoms with Crippen molar-refractivity contribution in [3.8, 4) is 0 Å². The number of aliphatic hydroxyl groups is 1. The summed E-state index contributed by atoms with van der Waals surface area (Å²) in [6.07, 6.45) is 15.6. The Bertz CT molecular complexity index is 188. The minimum atomic E-state index is -0.375. The Morgan fingerprint density at radius 2 is 1.44 bits per heavy atom. The highest BCUT2D eigenvalue weighted by molar-refractivity contribution is 4.87. The first-order valence-electron chi connectivity index (χ1n) is 8.20. The Kier molecular flexibility index (Phi) is 8.70. The summed E-state index contributed by atoms with van der Waals surface area (Å²) in [6.45, 7) is 4.08. The Balaban J connectivity index is 1.78. The van der Waals surface area contributed by atoms with Crippen LogP contribution < -0.4 is 5.32 Å². The van der Waals surface area contributed by atoms with Gasteiger partial charge in [0.2, 0.25) is 0 Å². The third-order valence-corrected chi connectivity index (χ3v) is 4.22. The lowest BCUT2D eigenvalue weighted by molar-refractivity contribution is 0.0495. The van der Waals surface area contributed by atoms with Gasteiger partial charge in [0, 0.05) is 6.54 Å². The Morgan fingerprint density at radius 1 is 0.889 bits per heavy atom. The van der Waals surface area contributed by atoms with Gasteiger partial charge >= 0.3 is 0 Å². The number of unbranched alkanes of at least 4 members (excludes halogenated alkanes) is 9. The number of nitrogens with one attached hydrogen (secondary N) is 1. The van der Waals surface area contributed by atoms with E-state index in [1.54, 1.807) is 0 Å². The third-order valence-electron chi connectivity index (χ3n) is 4.22. The quantitative estimate of drug-likeness (QED) is 0.547. The van der Waals surface area contributed by atoms with Gasteiger partial charge in [-0.2, -0.15) is 0 Å². The first kappa shape index (κ1) is 16.0. The minimum absolute atomic E-state index is 0.375. The van der Waals surface area contributed by atoms with E-state index in [1.807, 2.05) is 0 Å². The highest BCUT2D eigenvalue weighted by atomic mass is 16.3. The fraction of sp³-hybridized carbons (Fsp3) is 1.00. The molecule has 1 unspecified atom stereocenters. The van der Waals surface area contributed by atoms with Crippen molar-refractivity contribution in [2.75, 3.05) is 13.1 Å². The maximum Gasteiger partial charge on any atom is 0.0783 e. The normalized spacial score (nSPS) is 23.7. The molecule has 1 aliphatic heterocycles. The van der Waals surface area contributed by atoms with Gasteiger partial charge in [-0.25, -0.2) is 0 Å². The van der Waals surface area contributed by atoms with Crippen LogP contribution in [0.4, 0.5) is 0 Å². The topological polar surface area (TPSA) is 32.3 Å². The van der Waals surface area contributed by atoms with Crippen molar-refractivity contribution in [3.05, 3.63) is 0 Å². The smallest absolute Gasteiger partial charge is 0.0783 e. The van der Waals surface area contributed by atoms with Crippen LogP contribution >= 0.6 is 0 Å². The first-order valence-corrected chi connectivity index (χ1v) is 8.20. The molecule has 18 heavy (non-hydrogen) atoms. The zero-order valence-corrected chi connectivity index (χ0v) is 12.3. The number of hydrogen-bond donors (Lipinski definition) is 2. The van der Waals surface area contributed by atoms with Crippen LogP contribution in [-0.2, 0) is 0 Å². The van der Waals surface area contributed by atoms with Gasteiger partial charge in [0.1, 0.15) is 0 Å². The van der Waals surface area contributed by atoms with Crippen molar-refractivity contribution in [1.29, 1.82) is 0 Å². The van der Waals surface area contributed by atoms with E-state index in [0.29, 0.717) is 0 Å². The number of rotatable bonds is 11. The van der Waals surface area contributed by atoms with Gasteiger partial charge in [-0.05, 0) is 19.4 Å². The molecule has 2 N–H and O–H groups in total. The zero-order valence-electron chi connectivity index (χ0n) is 12.3. The number of hydrogen-bond acceptors (Lipinski definition) is 2. The van der Waals surface area contributed by atoms with Gasteiger partial charge in [-0.15, -0.1) is 0 Å². The first-order chi connectivity index (χ1) is 8.77. The predicted molar refractivity (Wildman–Crippen MR) is 78.9 cm³/mol. The molecule has 0 aromatic carbocycles. The average molecular weight is 255 g/mol. The zero-order chi connectivity index (χ0) is 13.1. The van der Waals surface area contributed by atoms with E-state index in [-0.39, 0.29) is 5.60 Å². The van der Waals surface area contributed by atoms with E-state index < -0.39 is 0 Å². The second-order valence-electron chi connectivity index (χ2n) is 6.08. The van der Waals surface area contributed by atoms with Gasteiger partial charge in [0.25, 0.3) is 0 Å². The molecule has 0 aromatic heterocycles. The van der Waals surface area contributed by atoms with Gasteiger partial charge in [0.15, 0.2) is 0 Å². The summed E-state index contributed by atoms with van der Waals surface area (Å²) >= 11 is 0. The van der Waals surface area contributed by atoms with E-state index in [1.165, 1.54) is 64.2 Å². The summed E-state index contributed by atoms with van der Waals surface area (Å²) in [7, 11) is 0. The fourth-order valence-electron chi connectivity index (χ4n) is 2.89. The molecule has 0 aromatic rings. The van der Waals surface area contributed by atoms with Gasteiger partial charge in [-0.1, -0.05) is 71.1 Å². The van der Waals surface area contributed by atoms with E-state index in [2.05, 4.69) is 12.2 Å². The largest absolute Gasteiger partial charge is 0.389 e. The molecule has 0 bridgehead atoms. The SMILES string of the molecule is CCCCCCCCCCCCC1(O)CCNC1. The van der Waals surface area contributed by atoms with Crippen LogP contribution in [0.1, 0.15) is 84.0 Å². The van der Waals surface area contributed by atoms with Crippen LogP contribution in [0.25, 0.3) is 0 Å². The van der Waals surface area contributed by atoms with Crippen LogP contribution in [-0.4, -0.2) is 23.8 Å². The van der Waals surface area contributed by atoms with E-state index >= 15 is 0 Å². The molecular weight excluding hydrogens is 222 g/mol. The van der Waals surface area contributed by atoms with Gasteiger partial charge in [-0.3, -0.25) is 0 Å². The Labute approximate surface area is 114 Å². The Morgan fingerprint density at radius 3 is 1.94 bits per heavy atom. The van der Waals surface area contributed by atoms with Crippen LogP contribution in [0.15, 0.2) is 0 Å². The van der Waals surface area contributed by atoms with Crippen molar-refractivity contribution in [1.82, 2.24) is 5.32 Å². The number of β-amino-alcohol motifs (C(OH)–C–C–N with tert-alkyl or cyclic N) is 1. The minimum Gasteiger partial charge on any atom is -0.389 e. The maximum atomic E-state index is 10.2. The monoisotopic (exact) mass is 255 g/mol. The lowest BCUT2D eigenvalue weighted by Gasteiger charge is -2.20. The summed E-state index contributed by atoms with van der Waals surface area (Å²) in [5.74, 6) is 0. The molecule has 1 aliphatic rings. The van der Waals surface area contributed by atoms with Crippen molar-refractivity contribution < 1.29 is 5.11 Å². The molecular formula is C16H33NO. The van der Waals surface area contributed by atoms with Crippen molar-refractivity contribution in [3.63, 3.8) is 0 Å². The Hall–Kier alpha value is -0.0800. The molecule has 0 spiro atoms. The molecule has 1 saturated heterocycles. The lowest BCUT2D eigenvalue weighted by Crippen LogP contribution is -2.30. The molecule has 1 fully saturated rings.